The number of carbonyl (C=O) groups is 1. The summed E-state index contributed by atoms with van der Waals surface area (Å²) >= 11 is 1.59. The Balaban J connectivity index is 1.23. The third-order valence-electron chi connectivity index (χ3n) is 5.95. The molecule has 3 aliphatic rings. The third-order valence-corrected chi connectivity index (χ3v) is 7.02. The van der Waals surface area contributed by atoms with Crippen LogP contribution in [0.3, 0.4) is 0 Å². The van der Waals surface area contributed by atoms with Gasteiger partial charge in [-0.1, -0.05) is 0 Å². The lowest BCUT2D eigenvalue weighted by Crippen LogP contribution is -2.43. The number of amides is 1. The number of aromatic nitrogens is 2. The fourth-order valence-electron chi connectivity index (χ4n) is 4.19. The van der Waals surface area contributed by atoms with E-state index in [0.717, 1.165) is 54.9 Å². The van der Waals surface area contributed by atoms with Crippen LogP contribution in [-0.2, 0) is 12.8 Å². The summed E-state index contributed by atoms with van der Waals surface area (Å²) in [5.74, 6) is 1.67. The molecule has 2 N–H and O–H groups in total. The van der Waals surface area contributed by atoms with E-state index in [4.69, 9.17) is 0 Å². The van der Waals surface area contributed by atoms with Crippen molar-refractivity contribution >= 4 is 17.2 Å². The van der Waals surface area contributed by atoms with Crippen LogP contribution in [0, 0.1) is 0 Å². The van der Waals surface area contributed by atoms with Gasteiger partial charge in [-0.05, 0) is 67.9 Å². The van der Waals surface area contributed by atoms with E-state index in [1.807, 2.05) is 0 Å². The smallest absolute Gasteiger partial charge is 0.261 e. The quantitative estimate of drug-likeness (QED) is 0.869. The van der Waals surface area contributed by atoms with E-state index in [-0.39, 0.29) is 23.4 Å². The molecule has 0 aromatic carbocycles. The number of aromatic amines is 1. The molecule has 5 rings (SSSR count). The van der Waals surface area contributed by atoms with Gasteiger partial charge in [0.05, 0.1) is 10.6 Å². The highest BCUT2D eigenvalue weighted by atomic mass is 32.1. The summed E-state index contributed by atoms with van der Waals surface area (Å²) in [4.78, 5) is 33.0. The maximum absolute atomic E-state index is 12.7. The second-order valence-electron chi connectivity index (χ2n) is 7.94. The molecule has 6 heteroatoms. The second kappa shape index (κ2) is 6.34. The molecule has 5 nitrogen and oxygen atoms in total. The van der Waals surface area contributed by atoms with Gasteiger partial charge in [0.25, 0.3) is 11.5 Å². The third kappa shape index (κ3) is 3.00. The van der Waals surface area contributed by atoms with E-state index < -0.39 is 0 Å². The topological polar surface area (TPSA) is 74.8 Å². The van der Waals surface area contributed by atoms with Gasteiger partial charge in [0, 0.05) is 23.9 Å². The molecule has 0 radical (unpaired) electrons. The summed E-state index contributed by atoms with van der Waals surface area (Å²) in [5.41, 5.74) is 3.50. The molecule has 3 aliphatic carbocycles. The predicted octanol–water partition coefficient (Wildman–Crippen LogP) is 3.26. The monoisotopic (exact) mass is 369 g/mol. The fraction of sp³-hybridized carbons (Fsp3) is 0.550. The average molecular weight is 369 g/mol. The zero-order chi connectivity index (χ0) is 17.7. The number of fused-ring (bicyclic) bond motifs is 1. The molecular weight excluding hydrogens is 346 g/mol. The maximum atomic E-state index is 12.7. The van der Waals surface area contributed by atoms with Crippen LogP contribution in [0.1, 0.15) is 82.7 Å². The largest absolute Gasteiger partial charge is 0.349 e. The molecule has 136 valence electrons. The fourth-order valence-corrected chi connectivity index (χ4v) is 5.25. The Morgan fingerprint density at radius 1 is 1.19 bits per heavy atom. The van der Waals surface area contributed by atoms with Gasteiger partial charge in [0.15, 0.2) is 0 Å². The van der Waals surface area contributed by atoms with Crippen LogP contribution in [0.5, 0.6) is 0 Å². The van der Waals surface area contributed by atoms with Gasteiger partial charge in [0.1, 0.15) is 5.82 Å². The number of hydrogen-bond donors (Lipinski definition) is 2. The Kier molecular flexibility index (Phi) is 3.96. The van der Waals surface area contributed by atoms with Crippen molar-refractivity contribution in [3.63, 3.8) is 0 Å². The lowest BCUT2D eigenvalue weighted by molar-refractivity contribution is 0.0911. The molecule has 0 atom stereocenters. The molecule has 0 bridgehead atoms. The normalized spacial score (nSPS) is 24.6. The molecule has 2 heterocycles. The molecule has 1 amide bonds. The van der Waals surface area contributed by atoms with Crippen molar-refractivity contribution in [1.82, 2.24) is 15.3 Å². The number of rotatable bonds is 4. The lowest BCUT2D eigenvalue weighted by Gasteiger charge is -2.35. The zero-order valence-electron chi connectivity index (χ0n) is 14.7. The van der Waals surface area contributed by atoms with E-state index in [1.165, 1.54) is 24.0 Å². The van der Waals surface area contributed by atoms with Crippen molar-refractivity contribution in [1.29, 1.82) is 0 Å². The van der Waals surface area contributed by atoms with Crippen LogP contribution in [0.15, 0.2) is 16.2 Å². The highest BCUT2D eigenvalue weighted by Crippen LogP contribution is 2.40. The van der Waals surface area contributed by atoms with Gasteiger partial charge < -0.3 is 10.3 Å². The first-order chi connectivity index (χ1) is 12.7. The van der Waals surface area contributed by atoms with Gasteiger partial charge in [-0.15, -0.1) is 11.3 Å². The van der Waals surface area contributed by atoms with Gasteiger partial charge in [-0.25, -0.2) is 4.98 Å². The molecule has 2 saturated carbocycles. The zero-order valence-corrected chi connectivity index (χ0v) is 15.5. The van der Waals surface area contributed by atoms with Crippen molar-refractivity contribution in [3.05, 3.63) is 49.3 Å². The van der Waals surface area contributed by atoms with Crippen molar-refractivity contribution in [3.8, 4) is 0 Å². The Bertz CT molecular complexity index is 906. The van der Waals surface area contributed by atoms with Crippen LogP contribution < -0.4 is 10.9 Å². The van der Waals surface area contributed by atoms with E-state index in [2.05, 4.69) is 20.7 Å². The number of nitrogens with one attached hydrogen (secondary N) is 2. The first-order valence-electron chi connectivity index (χ1n) is 9.68. The summed E-state index contributed by atoms with van der Waals surface area (Å²) < 4.78 is 0. The Morgan fingerprint density at radius 2 is 2.00 bits per heavy atom. The van der Waals surface area contributed by atoms with Crippen LogP contribution in [0.25, 0.3) is 0 Å². The number of thiophene rings is 1. The first kappa shape index (κ1) is 16.2. The van der Waals surface area contributed by atoms with Crippen molar-refractivity contribution in [2.75, 3.05) is 0 Å². The summed E-state index contributed by atoms with van der Waals surface area (Å²) in [6.07, 6.45) is 8.58. The molecule has 0 aliphatic heterocycles. The van der Waals surface area contributed by atoms with Crippen molar-refractivity contribution in [2.45, 2.75) is 69.2 Å². The van der Waals surface area contributed by atoms with Crippen LogP contribution in [0.4, 0.5) is 0 Å². The second-order valence-corrected chi connectivity index (χ2v) is 8.82. The molecule has 26 heavy (non-hydrogen) atoms. The Morgan fingerprint density at radius 3 is 2.81 bits per heavy atom. The molecule has 0 saturated heterocycles. The summed E-state index contributed by atoms with van der Waals surface area (Å²) in [5, 5.41) is 5.35. The lowest BCUT2D eigenvalue weighted by atomic mass is 9.78. The minimum absolute atomic E-state index is 0.0467. The van der Waals surface area contributed by atoms with Gasteiger partial charge in [-0.3, -0.25) is 9.59 Å². The molecule has 2 fully saturated rings. The van der Waals surface area contributed by atoms with E-state index in [9.17, 15) is 9.59 Å². The molecule has 0 spiro atoms. The summed E-state index contributed by atoms with van der Waals surface area (Å²) in [6, 6.07) is 1.82. The summed E-state index contributed by atoms with van der Waals surface area (Å²) in [7, 11) is 0. The minimum Gasteiger partial charge on any atom is -0.349 e. The van der Waals surface area contributed by atoms with Gasteiger partial charge >= 0.3 is 0 Å². The number of aryl methyl sites for hydroxylation is 1. The molecular formula is C20H23N3O2S. The predicted molar refractivity (Wildman–Crippen MR) is 101 cm³/mol. The number of hydrogen-bond acceptors (Lipinski definition) is 4. The summed E-state index contributed by atoms with van der Waals surface area (Å²) in [6.45, 7) is 0. The van der Waals surface area contributed by atoms with Crippen LogP contribution in [0.2, 0.25) is 0 Å². The van der Waals surface area contributed by atoms with Crippen LogP contribution in [-0.4, -0.2) is 21.9 Å². The standard InChI is InChI=1S/C20H23N3O2S/c24-17-9-16(22-19(23-17)11-5-6-11)13-7-14(8-13)21-20(25)18-15-4-2-1-3-12(15)10-26-18/h9-11,13-14H,1-8H2,(H,21,25)(H,22,23,24). The molecule has 2 aromatic heterocycles. The first-order valence-corrected chi connectivity index (χ1v) is 10.6. The number of nitrogens with zero attached hydrogens (tertiary/aromatic N) is 1. The van der Waals surface area contributed by atoms with Crippen LogP contribution >= 0.6 is 11.3 Å². The number of carbonyl (C=O) groups excluding carboxylic acids is 1. The SMILES string of the molecule is O=C(NC1CC(c2cc(=O)[nH]c(C3CC3)n2)C1)c1scc2c1CCCC2. The van der Waals surface area contributed by atoms with Gasteiger partial charge in [-0.2, -0.15) is 0 Å². The molecule has 2 aromatic rings. The number of H-pyrrole nitrogens is 1. The Hall–Kier alpha value is -1.95. The van der Waals surface area contributed by atoms with E-state index in [1.54, 1.807) is 17.4 Å². The Labute approximate surface area is 156 Å². The van der Waals surface area contributed by atoms with E-state index >= 15 is 0 Å². The minimum atomic E-state index is -0.0467. The average Bonchev–Trinajstić information content (AvgIpc) is 3.36. The molecule has 0 unspecified atom stereocenters. The van der Waals surface area contributed by atoms with Crippen molar-refractivity contribution in [2.24, 2.45) is 0 Å². The highest BCUT2D eigenvalue weighted by molar-refractivity contribution is 7.12. The maximum Gasteiger partial charge on any atom is 0.261 e. The highest BCUT2D eigenvalue weighted by Gasteiger charge is 2.35. The van der Waals surface area contributed by atoms with Gasteiger partial charge in [0.2, 0.25) is 0 Å². The van der Waals surface area contributed by atoms with E-state index in [0.29, 0.717) is 5.92 Å². The van der Waals surface area contributed by atoms with Crippen molar-refractivity contribution < 1.29 is 4.79 Å².